The van der Waals surface area contributed by atoms with Crippen LogP contribution in [0.2, 0.25) is 0 Å². The number of carbonyl (C=O) groups excluding carboxylic acids is 1. The van der Waals surface area contributed by atoms with Crippen LogP contribution in [0.3, 0.4) is 0 Å². The third kappa shape index (κ3) is 2.43. The molecule has 1 aromatic carbocycles. The Labute approximate surface area is 135 Å². The van der Waals surface area contributed by atoms with Crippen molar-refractivity contribution >= 4 is 22.6 Å². The number of nitrogens with two attached hydrogens (primary N) is 2. The van der Waals surface area contributed by atoms with Gasteiger partial charge in [-0.15, -0.1) is 0 Å². The number of hydrogen-bond acceptors (Lipinski definition) is 5. The van der Waals surface area contributed by atoms with Crippen molar-refractivity contribution in [2.75, 3.05) is 19.0 Å². The second-order valence-corrected chi connectivity index (χ2v) is 6.47. The summed E-state index contributed by atoms with van der Waals surface area (Å²) in [6.45, 7) is 0. The Morgan fingerprint density at radius 3 is 2.65 bits per heavy atom. The van der Waals surface area contributed by atoms with Crippen molar-refractivity contribution in [1.82, 2.24) is 9.97 Å². The SMILES string of the molecule is CN(C)c1nc(C2(C(N)=O)CCCCC2N)nc2ccccc12. The lowest BCUT2D eigenvalue weighted by Gasteiger charge is -2.38. The average Bonchev–Trinajstić information content (AvgIpc) is 2.54. The number of para-hydroxylation sites is 1. The van der Waals surface area contributed by atoms with Crippen molar-refractivity contribution in [2.24, 2.45) is 11.5 Å². The van der Waals surface area contributed by atoms with Crippen molar-refractivity contribution < 1.29 is 4.79 Å². The van der Waals surface area contributed by atoms with E-state index in [1.807, 2.05) is 43.3 Å². The summed E-state index contributed by atoms with van der Waals surface area (Å²) in [7, 11) is 3.85. The first kappa shape index (κ1) is 15.7. The third-order valence-electron chi connectivity index (χ3n) is 4.81. The second-order valence-electron chi connectivity index (χ2n) is 6.47. The summed E-state index contributed by atoms with van der Waals surface area (Å²) in [5.41, 5.74) is 11.9. The standard InChI is InChI=1S/C17H23N5O/c1-22(2)14-11-7-3-4-8-12(11)20-16(21-14)17(15(19)23)10-6-5-9-13(17)18/h3-4,7-8,13H,5-6,9-10,18H2,1-2H3,(H2,19,23). The largest absolute Gasteiger partial charge is 0.369 e. The van der Waals surface area contributed by atoms with Gasteiger partial charge in [0.05, 0.1) is 5.52 Å². The lowest BCUT2D eigenvalue weighted by atomic mass is 9.69. The molecule has 6 nitrogen and oxygen atoms in total. The van der Waals surface area contributed by atoms with E-state index in [4.69, 9.17) is 16.5 Å². The molecule has 2 aromatic rings. The Morgan fingerprint density at radius 2 is 2.00 bits per heavy atom. The topological polar surface area (TPSA) is 98.1 Å². The molecule has 4 N–H and O–H groups in total. The number of benzene rings is 1. The highest BCUT2D eigenvalue weighted by Crippen LogP contribution is 2.38. The van der Waals surface area contributed by atoms with Gasteiger partial charge in [0.1, 0.15) is 17.1 Å². The van der Waals surface area contributed by atoms with Crippen molar-refractivity contribution in [2.45, 2.75) is 37.1 Å². The van der Waals surface area contributed by atoms with Crippen molar-refractivity contribution in [1.29, 1.82) is 0 Å². The van der Waals surface area contributed by atoms with Gasteiger partial charge in [0.25, 0.3) is 0 Å². The summed E-state index contributed by atoms with van der Waals surface area (Å²) in [5.74, 6) is 0.813. The van der Waals surface area contributed by atoms with Crippen LogP contribution in [0, 0.1) is 0 Å². The predicted molar refractivity (Wildman–Crippen MR) is 91.2 cm³/mol. The molecular weight excluding hydrogens is 290 g/mol. The zero-order chi connectivity index (χ0) is 16.6. The number of aromatic nitrogens is 2. The Morgan fingerprint density at radius 1 is 1.26 bits per heavy atom. The maximum atomic E-state index is 12.4. The number of nitrogens with zero attached hydrogens (tertiary/aromatic N) is 3. The van der Waals surface area contributed by atoms with E-state index < -0.39 is 11.3 Å². The summed E-state index contributed by atoms with van der Waals surface area (Å²) in [6.07, 6.45) is 3.28. The highest BCUT2D eigenvalue weighted by atomic mass is 16.1. The monoisotopic (exact) mass is 313 g/mol. The molecule has 23 heavy (non-hydrogen) atoms. The molecule has 2 unspecified atom stereocenters. The number of amides is 1. The van der Waals surface area contributed by atoms with E-state index in [2.05, 4.69) is 4.98 Å². The Bertz CT molecular complexity index is 745. The van der Waals surface area contributed by atoms with Crippen LogP contribution in [0.25, 0.3) is 10.9 Å². The Balaban J connectivity index is 2.27. The van der Waals surface area contributed by atoms with Gasteiger partial charge in [-0.3, -0.25) is 4.79 Å². The smallest absolute Gasteiger partial charge is 0.232 e. The van der Waals surface area contributed by atoms with E-state index in [1.165, 1.54) is 0 Å². The van der Waals surface area contributed by atoms with Gasteiger partial charge in [-0.2, -0.15) is 0 Å². The molecule has 0 spiro atoms. The third-order valence-corrected chi connectivity index (χ3v) is 4.81. The fourth-order valence-electron chi connectivity index (χ4n) is 3.49. The van der Waals surface area contributed by atoms with E-state index in [-0.39, 0.29) is 6.04 Å². The summed E-state index contributed by atoms with van der Waals surface area (Å²) >= 11 is 0. The molecule has 0 saturated heterocycles. The summed E-state index contributed by atoms with van der Waals surface area (Å²) in [6, 6.07) is 7.44. The Kier molecular flexibility index (Phi) is 3.93. The van der Waals surface area contributed by atoms with Crippen LogP contribution in [0.5, 0.6) is 0 Å². The molecule has 1 heterocycles. The lowest BCUT2D eigenvalue weighted by Crippen LogP contribution is -2.57. The molecule has 1 saturated carbocycles. The minimum absolute atomic E-state index is 0.343. The van der Waals surface area contributed by atoms with E-state index in [1.54, 1.807) is 0 Å². The number of rotatable bonds is 3. The van der Waals surface area contributed by atoms with Crippen LogP contribution in [-0.2, 0) is 10.2 Å². The lowest BCUT2D eigenvalue weighted by molar-refractivity contribution is -0.125. The Hall–Kier alpha value is -2.21. The van der Waals surface area contributed by atoms with Gasteiger partial charge in [-0.05, 0) is 25.0 Å². The van der Waals surface area contributed by atoms with Gasteiger partial charge < -0.3 is 16.4 Å². The molecule has 122 valence electrons. The van der Waals surface area contributed by atoms with E-state index >= 15 is 0 Å². The van der Waals surface area contributed by atoms with Gasteiger partial charge in [0.2, 0.25) is 5.91 Å². The number of carbonyl (C=O) groups is 1. The van der Waals surface area contributed by atoms with E-state index in [0.29, 0.717) is 12.2 Å². The van der Waals surface area contributed by atoms with E-state index in [9.17, 15) is 4.79 Å². The normalized spacial score (nSPS) is 24.6. The van der Waals surface area contributed by atoms with Crippen LogP contribution in [0.1, 0.15) is 31.5 Å². The predicted octanol–water partition coefficient (Wildman–Crippen LogP) is 1.32. The van der Waals surface area contributed by atoms with Gasteiger partial charge in [-0.25, -0.2) is 9.97 Å². The zero-order valence-electron chi connectivity index (χ0n) is 13.6. The molecule has 6 heteroatoms. The fourth-order valence-corrected chi connectivity index (χ4v) is 3.49. The first-order valence-corrected chi connectivity index (χ1v) is 7.97. The summed E-state index contributed by atoms with van der Waals surface area (Å²) in [4.78, 5) is 23.6. The zero-order valence-corrected chi connectivity index (χ0v) is 13.6. The van der Waals surface area contributed by atoms with Crippen LogP contribution in [-0.4, -0.2) is 36.0 Å². The summed E-state index contributed by atoms with van der Waals surface area (Å²) in [5, 5.41) is 0.949. The number of primary amides is 1. The number of anilines is 1. The van der Waals surface area contributed by atoms with Crippen LogP contribution < -0.4 is 16.4 Å². The van der Waals surface area contributed by atoms with Gasteiger partial charge in [0.15, 0.2) is 0 Å². The van der Waals surface area contributed by atoms with Crippen molar-refractivity contribution in [3.63, 3.8) is 0 Å². The van der Waals surface area contributed by atoms with Gasteiger partial charge in [0, 0.05) is 25.5 Å². The molecule has 1 aromatic heterocycles. The maximum absolute atomic E-state index is 12.4. The molecule has 0 bridgehead atoms. The molecule has 1 aliphatic rings. The van der Waals surface area contributed by atoms with Crippen molar-refractivity contribution in [3.05, 3.63) is 30.1 Å². The molecular formula is C17H23N5O. The molecule has 1 aliphatic carbocycles. The van der Waals surface area contributed by atoms with Crippen LogP contribution in [0.4, 0.5) is 5.82 Å². The van der Waals surface area contributed by atoms with Crippen LogP contribution in [0.15, 0.2) is 24.3 Å². The quantitative estimate of drug-likeness (QED) is 0.890. The number of fused-ring (bicyclic) bond motifs is 1. The molecule has 3 rings (SSSR count). The van der Waals surface area contributed by atoms with Crippen molar-refractivity contribution in [3.8, 4) is 0 Å². The first-order chi connectivity index (χ1) is 11.0. The molecule has 1 amide bonds. The highest BCUT2D eigenvalue weighted by molar-refractivity contribution is 5.92. The second kappa shape index (κ2) is 5.77. The minimum Gasteiger partial charge on any atom is -0.369 e. The molecule has 0 radical (unpaired) electrons. The highest BCUT2D eigenvalue weighted by Gasteiger charge is 2.48. The number of hydrogen-bond donors (Lipinski definition) is 2. The maximum Gasteiger partial charge on any atom is 0.232 e. The van der Waals surface area contributed by atoms with Gasteiger partial charge >= 0.3 is 0 Å². The molecule has 1 fully saturated rings. The fraction of sp³-hybridized carbons (Fsp3) is 0.471. The molecule has 0 aliphatic heterocycles. The van der Waals surface area contributed by atoms with Gasteiger partial charge in [-0.1, -0.05) is 25.0 Å². The van der Waals surface area contributed by atoms with Crippen LogP contribution >= 0.6 is 0 Å². The van der Waals surface area contributed by atoms with E-state index in [0.717, 1.165) is 36.0 Å². The molecule has 2 atom stereocenters. The average molecular weight is 313 g/mol. The minimum atomic E-state index is -0.979. The summed E-state index contributed by atoms with van der Waals surface area (Å²) < 4.78 is 0. The first-order valence-electron chi connectivity index (χ1n) is 7.97.